The van der Waals surface area contributed by atoms with E-state index in [0.29, 0.717) is 22.4 Å². The van der Waals surface area contributed by atoms with Crippen LogP contribution in [0.5, 0.6) is 0 Å². The maximum Gasteiger partial charge on any atom is 0.336 e. The summed E-state index contributed by atoms with van der Waals surface area (Å²) in [6.07, 6.45) is 10.4. The van der Waals surface area contributed by atoms with Crippen molar-refractivity contribution in [2.24, 2.45) is 16.6 Å². The predicted molar refractivity (Wildman–Crippen MR) is 115 cm³/mol. The molecule has 1 aromatic carbocycles. The quantitative estimate of drug-likeness (QED) is 0.595. The first-order valence-electron chi connectivity index (χ1n) is 10.4. The highest BCUT2D eigenvalue weighted by atomic mass is 16.5. The molecule has 0 bridgehead atoms. The maximum atomic E-state index is 13.3. The molecule has 6 heteroatoms. The van der Waals surface area contributed by atoms with Crippen LogP contribution in [-0.2, 0) is 19.1 Å². The second-order valence-electron chi connectivity index (χ2n) is 7.68. The summed E-state index contributed by atoms with van der Waals surface area (Å²) in [7, 11) is 0. The lowest BCUT2D eigenvalue weighted by Gasteiger charge is -2.32. The molecule has 0 aromatic heterocycles. The Hall–Kier alpha value is -3.07. The van der Waals surface area contributed by atoms with E-state index >= 15 is 0 Å². The van der Waals surface area contributed by atoms with E-state index in [1.165, 1.54) is 0 Å². The van der Waals surface area contributed by atoms with Gasteiger partial charge in [-0.05, 0) is 57.2 Å². The van der Waals surface area contributed by atoms with E-state index in [9.17, 15) is 9.59 Å². The van der Waals surface area contributed by atoms with Gasteiger partial charge in [0.15, 0.2) is 0 Å². The van der Waals surface area contributed by atoms with Crippen molar-refractivity contribution in [2.45, 2.75) is 58.0 Å². The van der Waals surface area contributed by atoms with Crippen molar-refractivity contribution in [3.8, 4) is 12.3 Å². The minimum absolute atomic E-state index is 0.117. The monoisotopic (exact) mass is 408 g/mol. The van der Waals surface area contributed by atoms with Gasteiger partial charge in [-0.1, -0.05) is 24.5 Å². The molecule has 1 heterocycles. The summed E-state index contributed by atoms with van der Waals surface area (Å²) in [6, 6.07) is 7.21. The lowest BCUT2D eigenvalue weighted by atomic mass is 9.76. The number of terminal acetylenes is 1. The number of carbonyl (C=O) groups is 2. The van der Waals surface area contributed by atoms with Crippen molar-refractivity contribution >= 4 is 17.8 Å². The number of hydrogen-bond donors (Lipinski definition) is 1. The molecule has 0 radical (unpaired) electrons. The molecule has 1 aromatic rings. The van der Waals surface area contributed by atoms with Crippen LogP contribution in [0.25, 0.3) is 0 Å². The van der Waals surface area contributed by atoms with Crippen LogP contribution in [0.2, 0.25) is 0 Å². The standard InChI is InChI=1S/C24H28N2O4/c1-4-16-10-9-11-17(14-16)20-19(24(28)30-18-12-7-6-8-13-18)15(3)26-22(25)21(20)23(27)29-5-2/h1,9-11,14,18,20-21H,5-8,12-13H2,2-3H3,(H2,25,26). The Morgan fingerprint density at radius 1 is 1.27 bits per heavy atom. The van der Waals surface area contributed by atoms with Crippen molar-refractivity contribution in [3.05, 3.63) is 46.7 Å². The van der Waals surface area contributed by atoms with E-state index in [1.54, 1.807) is 32.0 Å². The molecule has 158 valence electrons. The molecule has 0 spiro atoms. The number of esters is 2. The second kappa shape index (κ2) is 9.62. The van der Waals surface area contributed by atoms with Gasteiger partial charge in [-0.25, -0.2) is 9.79 Å². The van der Waals surface area contributed by atoms with Gasteiger partial charge < -0.3 is 15.2 Å². The zero-order chi connectivity index (χ0) is 21.7. The van der Waals surface area contributed by atoms with Crippen LogP contribution in [0.15, 0.2) is 40.5 Å². The first kappa shape index (κ1) is 21.6. The molecule has 1 aliphatic carbocycles. The molecular formula is C24H28N2O4. The first-order chi connectivity index (χ1) is 14.5. The van der Waals surface area contributed by atoms with Crippen molar-refractivity contribution < 1.29 is 19.1 Å². The Kier molecular flexibility index (Phi) is 6.94. The summed E-state index contributed by atoms with van der Waals surface area (Å²) in [4.78, 5) is 30.4. The SMILES string of the molecule is C#Cc1cccc(C2C(C(=O)OC3CCCCC3)=C(C)N=C(N)C2C(=O)OCC)c1. The van der Waals surface area contributed by atoms with Crippen LogP contribution >= 0.6 is 0 Å². The van der Waals surface area contributed by atoms with E-state index in [0.717, 1.165) is 32.1 Å². The molecule has 2 atom stereocenters. The van der Waals surface area contributed by atoms with Crippen molar-refractivity contribution in [3.63, 3.8) is 0 Å². The molecular weight excluding hydrogens is 380 g/mol. The minimum Gasteiger partial charge on any atom is -0.465 e. The molecule has 1 fully saturated rings. The average Bonchev–Trinajstić information content (AvgIpc) is 2.74. The lowest BCUT2D eigenvalue weighted by molar-refractivity contribution is -0.147. The molecule has 30 heavy (non-hydrogen) atoms. The van der Waals surface area contributed by atoms with Gasteiger partial charge in [0.2, 0.25) is 0 Å². The number of carbonyl (C=O) groups excluding carboxylic acids is 2. The largest absolute Gasteiger partial charge is 0.465 e. The third kappa shape index (κ3) is 4.56. The Balaban J connectivity index is 2.05. The molecule has 6 nitrogen and oxygen atoms in total. The van der Waals surface area contributed by atoms with E-state index in [1.807, 2.05) is 6.07 Å². The summed E-state index contributed by atoms with van der Waals surface area (Å²) in [5.41, 5.74) is 8.30. The van der Waals surface area contributed by atoms with Gasteiger partial charge in [-0.15, -0.1) is 6.42 Å². The number of benzene rings is 1. The number of ether oxygens (including phenoxy) is 2. The van der Waals surface area contributed by atoms with Gasteiger partial charge in [0.05, 0.1) is 17.9 Å². The second-order valence-corrected chi connectivity index (χ2v) is 7.68. The zero-order valence-electron chi connectivity index (χ0n) is 17.5. The maximum absolute atomic E-state index is 13.3. The number of rotatable bonds is 5. The Bertz CT molecular complexity index is 919. The lowest BCUT2D eigenvalue weighted by Crippen LogP contribution is -2.41. The van der Waals surface area contributed by atoms with Crippen LogP contribution < -0.4 is 5.73 Å². The van der Waals surface area contributed by atoms with Crippen LogP contribution in [-0.4, -0.2) is 30.5 Å². The van der Waals surface area contributed by atoms with Gasteiger partial charge in [0.25, 0.3) is 0 Å². The average molecular weight is 408 g/mol. The van der Waals surface area contributed by atoms with E-state index in [-0.39, 0.29) is 18.5 Å². The fraction of sp³-hybridized carbons (Fsp3) is 0.458. The minimum atomic E-state index is -0.921. The molecule has 3 rings (SSSR count). The molecule has 2 unspecified atom stereocenters. The van der Waals surface area contributed by atoms with Crippen LogP contribution in [0.4, 0.5) is 0 Å². The summed E-state index contributed by atoms with van der Waals surface area (Å²) < 4.78 is 11.1. The molecule has 1 aliphatic heterocycles. The van der Waals surface area contributed by atoms with Crippen LogP contribution in [0.1, 0.15) is 63.0 Å². The normalized spacial score (nSPS) is 22.1. The van der Waals surface area contributed by atoms with E-state index < -0.39 is 23.8 Å². The smallest absolute Gasteiger partial charge is 0.336 e. The van der Waals surface area contributed by atoms with E-state index in [2.05, 4.69) is 10.9 Å². The fourth-order valence-electron chi connectivity index (χ4n) is 4.23. The first-order valence-corrected chi connectivity index (χ1v) is 10.4. The molecule has 1 saturated carbocycles. The van der Waals surface area contributed by atoms with Gasteiger partial charge >= 0.3 is 11.9 Å². The topological polar surface area (TPSA) is 91.0 Å². The number of nitrogens with two attached hydrogens (primary N) is 1. The molecule has 0 saturated heterocycles. The van der Waals surface area contributed by atoms with Crippen LogP contribution in [0, 0.1) is 18.3 Å². The Morgan fingerprint density at radius 3 is 2.67 bits per heavy atom. The highest BCUT2D eigenvalue weighted by molar-refractivity contribution is 6.06. The predicted octanol–water partition coefficient (Wildman–Crippen LogP) is 3.45. The van der Waals surface area contributed by atoms with Gasteiger partial charge in [-0.2, -0.15) is 0 Å². The number of amidine groups is 1. The Labute approximate surface area is 177 Å². The summed E-state index contributed by atoms with van der Waals surface area (Å²) >= 11 is 0. The molecule has 2 N–H and O–H groups in total. The van der Waals surface area contributed by atoms with Gasteiger partial charge in [0.1, 0.15) is 17.9 Å². The number of nitrogens with zero attached hydrogens (tertiary/aromatic N) is 1. The Morgan fingerprint density at radius 2 is 2.00 bits per heavy atom. The molecule has 0 amide bonds. The highest BCUT2D eigenvalue weighted by Gasteiger charge is 2.43. The van der Waals surface area contributed by atoms with E-state index in [4.69, 9.17) is 21.6 Å². The number of aliphatic imine (C=N–C) groups is 1. The third-order valence-corrected chi connectivity index (χ3v) is 5.65. The fourth-order valence-corrected chi connectivity index (χ4v) is 4.23. The zero-order valence-corrected chi connectivity index (χ0v) is 17.5. The van der Waals surface area contributed by atoms with Crippen molar-refractivity contribution in [1.29, 1.82) is 0 Å². The number of hydrogen-bond acceptors (Lipinski definition) is 6. The van der Waals surface area contributed by atoms with Gasteiger partial charge in [-0.3, -0.25) is 4.79 Å². The molecule has 2 aliphatic rings. The summed E-state index contributed by atoms with van der Waals surface area (Å²) in [5.74, 6) is 0.143. The summed E-state index contributed by atoms with van der Waals surface area (Å²) in [6.45, 7) is 3.63. The highest BCUT2D eigenvalue weighted by Crippen LogP contribution is 2.40. The van der Waals surface area contributed by atoms with Gasteiger partial charge in [0, 0.05) is 11.5 Å². The van der Waals surface area contributed by atoms with Crippen molar-refractivity contribution in [1.82, 2.24) is 0 Å². The third-order valence-electron chi connectivity index (χ3n) is 5.65. The summed E-state index contributed by atoms with van der Waals surface area (Å²) in [5, 5.41) is 0. The van der Waals surface area contributed by atoms with Crippen molar-refractivity contribution in [2.75, 3.05) is 6.61 Å². The van der Waals surface area contributed by atoms with Crippen LogP contribution in [0.3, 0.4) is 0 Å². The number of allylic oxidation sites excluding steroid dienone is 1.